The number of anilines is 4. The SMILES string of the molecule is CCN(C(=O)c1cc(C)nc(Nc2ccc(N(C)C)cc2)n1)c1cccc(C)c1. The molecule has 3 rings (SSSR count). The lowest BCUT2D eigenvalue weighted by molar-refractivity contribution is 0.0983. The first-order valence-electron chi connectivity index (χ1n) is 9.66. The maximum absolute atomic E-state index is 13.2. The summed E-state index contributed by atoms with van der Waals surface area (Å²) in [5.41, 5.74) is 5.04. The molecule has 0 aliphatic rings. The van der Waals surface area contributed by atoms with Crippen molar-refractivity contribution in [1.29, 1.82) is 0 Å². The fraction of sp³-hybridized carbons (Fsp3) is 0.261. The normalized spacial score (nSPS) is 10.5. The van der Waals surface area contributed by atoms with Crippen LogP contribution in [0.5, 0.6) is 0 Å². The number of carbonyl (C=O) groups excluding carboxylic acids is 1. The molecular weight excluding hydrogens is 362 g/mol. The molecule has 6 heteroatoms. The fourth-order valence-corrected chi connectivity index (χ4v) is 3.08. The van der Waals surface area contributed by atoms with E-state index in [-0.39, 0.29) is 5.91 Å². The van der Waals surface area contributed by atoms with E-state index in [9.17, 15) is 4.79 Å². The highest BCUT2D eigenvalue weighted by atomic mass is 16.2. The maximum Gasteiger partial charge on any atom is 0.277 e. The minimum Gasteiger partial charge on any atom is -0.378 e. The summed E-state index contributed by atoms with van der Waals surface area (Å²) in [6.07, 6.45) is 0. The van der Waals surface area contributed by atoms with E-state index < -0.39 is 0 Å². The van der Waals surface area contributed by atoms with Crippen molar-refractivity contribution in [2.45, 2.75) is 20.8 Å². The molecule has 1 aromatic heterocycles. The molecule has 0 aliphatic carbocycles. The molecule has 0 fully saturated rings. The van der Waals surface area contributed by atoms with Gasteiger partial charge in [0.1, 0.15) is 5.69 Å². The zero-order chi connectivity index (χ0) is 21.0. The number of nitrogens with one attached hydrogen (secondary N) is 1. The van der Waals surface area contributed by atoms with Crippen LogP contribution in [0.1, 0.15) is 28.7 Å². The lowest BCUT2D eigenvalue weighted by atomic mass is 10.2. The fourth-order valence-electron chi connectivity index (χ4n) is 3.08. The number of hydrogen-bond acceptors (Lipinski definition) is 5. The van der Waals surface area contributed by atoms with Gasteiger partial charge in [0.2, 0.25) is 5.95 Å². The molecule has 0 saturated heterocycles. The van der Waals surface area contributed by atoms with E-state index in [0.717, 1.165) is 28.3 Å². The summed E-state index contributed by atoms with van der Waals surface area (Å²) in [5, 5.41) is 3.20. The Morgan fingerprint density at radius 2 is 1.69 bits per heavy atom. The van der Waals surface area contributed by atoms with Gasteiger partial charge in [0.25, 0.3) is 5.91 Å². The molecule has 0 atom stereocenters. The highest BCUT2D eigenvalue weighted by Gasteiger charge is 2.19. The van der Waals surface area contributed by atoms with Crippen molar-refractivity contribution in [3.8, 4) is 0 Å². The van der Waals surface area contributed by atoms with Gasteiger partial charge in [0, 0.05) is 43.4 Å². The van der Waals surface area contributed by atoms with Gasteiger partial charge in [-0.25, -0.2) is 9.97 Å². The summed E-state index contributed by atoms with van der Waals surface area (Å²) in [6.45, 7) is 6.39. The van der Waals surface area contributed by atoms with Crippen LogP contribution in [0.3, 0.4) is 0 Å². The number of rotatable bonds is 6. The highest BCUT2D eigenvalue weighted by Crippen LogP contribution is 2.21. The molecule has 0 saturated carbocycles. The Balaban J connectivity index is 1.86. The van der Waals surface area contributed by atoms with Crippen LogP contribution >= 0.6 is 0 Å². The van der Waals surface area contributed by atoms with Crippen LogP contribution < -0.4 is 15.1 Å². The third-order valence-electron chi connectivity index (χ3n) is 4.59. The van der Waals surface area contributed by atoms with E-state index in [1.165, 1.54) is 0 Å². The van der Waals surface area contributed by atoms with E-state index in [0.29, 0.717) is 18.2 Å². The lowest BCUT2D eigenvalue weighted by Crippen LogP contribution is -2.31. The van der Waals surface area contributed by atoms with Crippen molar-refractivity contribution >= 4 is 28.9 Å². The van der Waals surface area contributed by atoms with Crippen LogP contribution in [0.15, 0.2) is 54.6 Å². The van der Waals surface area contributed by atoms with Crippen molar-refractivity contribution < 1.29 is 4.79 Å². The second-order valence-corrected chi connectivity index (χ2v) is 7.17. The van der Waals surface area contributed by atoms with Gasteiger partial charge in [0.05, 0.1) is 0 Å². The zero-order valence-corrected chi connectivity index (χ0v) is 17.6. The van der Waals surface area contributed by atoms with E-state index in [4.69, 9.17) is 0 Å². The summed E-state index contributed by atoms with van der Waals surface area (Å²) in [7, 11) is 4.00. The topological polar surface area (TPSA) is 61.4 Å². The average Bonchev–Trinajstić information content (AvgIpc) is 2.68. The highest BCUT2D eigenvalue weighted by molar-refractivity contribution is 6.05. The molecule has 0 unspecified atom stereocenters. The van der Waals surface area contributed by atoms with E-state index >= 15 is 0 Å². The first-order chi connectivity index (χ1) is 13.9. The lowest BCUT2D eigenvalue weighted by Gasteiger charge is -2.21. The van der Waals surface area contributed by atoms with Gasteiger partial charge in [-0.15, -0.1) is 0 Å². The second-order valence-electron chi connectivity index (χ2n) is 7.17. The summed E-state index contributed by atoms with van der Waals surface area (Å²) in [5.74, 6) is 0.265. The van der Waals surface area contributed by atoms with Gasteiger partial charge >= 0.3 is 0 Å². The Morgan fingerprint density at radius 1 is 0.966 bits per heavy atom. The Labute approximate surface area is 172 Å². The summed E-state index contributed by atoms with van der Waals surface area (Å²) >= 11 is 0. The molecule has 6 nitrogen and oxygen atoms in total. The first-order valence-corrected chi connectivity index (χ1v) is 9.66. The van der Waals surface area contributed by atoms with Gasteiger partial charge in [-0.05, 0) is 68.8 Å². The second kappa shape index (κ2) is 8.73. The zero-order valence-electron chi connectivity index (χ0n) is 17.6. The Kier molecular flexibility index (Phi) is 6.12. The largest absolute Gasteiger partial charge is 0.378 e. The van der Waals surface area contributed by atoms with Gasteiger partial charge in [0.15, 0.2) is 0 Å². The molecule has 0 aliphatic heterocycles. The van der Waals surface area contributed by atoms with Gasteiger partial charge in [-0.3, -0.25) is 4.79 Å². The number of aryl methyl sites for hydroxylation is 2. The summed E-state index contributed by atoms with van der Waals surface area (Å²) in [4.78, 5) is 25.8. The average molecular weight is 390 g/mol. The molecule has 150 valence electrons. The molecule has 0 spiro atoms. The van der Waals surface area contributed by atoms with Gasteiger partial charge in [-0.1, -0.05) is 12.1 Å². The van der Waals surface area contributed by atoms with E-state index in [1.807, 2.05) is 88.3 Å². The van der Waals surface area contributed by atoms with Crippen molar-refractivity contribution in [2.75, 3.05) is 35.8 Å². The van der Waals surface area contributed by atoms with Crippen LogP contribution in [-0.2, 0) is 0 Å². The molecule has 1 heterocycles. The molecule has 0 radical (unpaired) electrons. The molecule has 1 N–H and O–H groups in total. The Morgan fingerprint density at radius 3 is 2.31 bits per heavy atom. The van der Waals surface area contributed by atoms with Crippen LogP contribution in [0.25, 0.3) is 0 Å². The molecule has 29 heavy (non-hydrogen) atoms. The Hall–Kier alpha value is -3.41. The quantitative estimate of drug-likeness (QED) is 0.669. The number of carbonyl (C=O) groups is 1. The number of hydrogen-bond donors (Lipinski definition) is 1. The maximum atomic E-state index is 13.2. The first kappa shape index (κ1) is 20.3. The molecular formula is C23H27N5O. The number of amides is 1. The van der Waals surface area contributed by atoms with Crippen LogP contribution in [0, 0.1) is 13.8 Å². The van der Waals surface area contributed by atoms with E-state index in [2.05, 4.69) is 15.3 Å². The molecule has 1 amide bonds. The number of nitrogens with zero attached hydrogens (tertiary/aromatic N) is 4. The smallest absolute Gasteiger partial charge is 0.277 e. The van der Waals surface area contributed by atoms with Crippen LogP contribution in [0.4, 0.5) is 23.0 Å². The number of aromatic nitrogens is 2. The van der Waals surface area contributed by atoms with Crippen molar-refractivity contribution in [3.63, 3.8) is 0 Å². The summed E-state index contributed by atoms with van der Waals surface area (Å²) < 4.78 is 0. The Bertz CT molecular complexity index is 998. The van der Waals surface area contributed by atoms with Gasteiger partial charge < -0.3 is 15.1 Å². The minimum absolute atomic E-state index is 0.144. The molecule has 0 bridgehead atoms. The van der Waals surface area contributed by atoms with E-state index in [1.54, 1.807) is 11.0 Å². The molecule has 3 aromatic rings. The molecule has 2 aromatic carbocycles. The third-order valence-corrected chi connectivity index (χ3v) is 4.59. The minimum atomic E-state index is -0.144. The van der Waals surface area contributed by atoms with Gasteiger partial charge in [-0.2, -0.15) is 0 Å². The number of benzene rings is 2. The predicted octanol–water partition coefficient (Wildman–Crippen LogP) is 4.57. The standard InChI is InChI=1S/C23H27N5O/c1-6-28(20-9-7-8-16(2)14-20)22(29)21-15-17(3)24-23(26-21)25-18-10-12-19(13-11-18)27(4)5/h7-15H,6H2,1-5H3,(H,24,25,26). The summed E-state index contributed by atoms with van der Waals surface area (Å²) in [6, 6.07) is 17.6. The van der Waals surface area contributed by atoms with Crippen LogP contribution in [0.2, 0.25) is 0 Å². The monoisotopic (exact) mass is 389 g/mol. The van der Waals surface area contributed by atoms with Crippen molar-refractivity contribution in [2.24, 2.45) is 0 Å². The predicted molar refractivity (Wildman–Crippen MR) is 119 cm³/mol. The third kappa shape index (κ3) is 4.90. The van der Waals surface area contributed by atoms with Crippen molar-refractivity contribution in [1.82, 2.24) is 9.97 Å². The van der Waals surface area contributed by atoms with Crippen LogP contribution in [-0.4, -0.2) is 36.5 Å². The van der Waals surface area contributed by atoms with Crippen molar-refractivity contribution in [3.05, 3.63) is 71.5 Å².